The van der Waals surface area contributed by atoms with E-state index in [4.69, 9.17) is 11.6 Å². The van der Waals surface area contributed by atoms with Gasteiger partial charge in [0.15, 0.2) is 0 Å². The van der Waals surface area contributed by atoms with Crippen molar-refractivity contribution in [1.82, 2.24) is 14.5 Å². The Balaban J connectivity index is 1.51. The Morgan fingerprint density at radius 2 is 2.16 bits per heavy atom. The first-order valence-corrected chi connectivity index (χ1v) is 9.77. The zero-order chi connectivity index (χ0) is 17.4. The number of nitrogens with zero attached hydrogens (tertiary/aromatic N) is 3. The predicted molar refractivity (Wildman–Crippen MR) is 98.8 cm³/mol. The average molecular weight is 376 g/mol. The van der Waals surface area contributed by atoms with Gasteiger partial charge >= 0.3 is 0 Å². The van der Waals surface area contributed by atoms with Gasteiger partial charge < -0.3 is 4.90 Å². The molecule has 2 fully saturated rings. The maximum Gasteiger partial charge on any atom is 0.254 e. The van der Waals surface area contributed by atoms with Gasteiger partial charge in [0.2, 0.25) is 5.91 Å². The third-order valence-corrected chi connectivity index (χ3v) is 6.04. The van der Waals surface area contributed by atoms with Gasteiger partial charge in [-0.3, -0.25) is 14.2 Å². The van der Waals surface area contributed by atoms with E-state index in [1.807, 2.05) is 29.2 Å². The van der Waals surface area contributed by atoms with E-state index in [0.717, 1.165) is 29.9 Å². The molecule has 2 aliphatic rings. The van der Waals surface area contributed by atoms with Gasteiger partial charge in [-0.25, -0.2) is 4.98 Å². The monoisotopic (exact) mass is 375 g/mol. The highest BCUT2D eigenvalue weighted by molar-refractivity contribution is 7.99. The van der Waals surface area contributed by atoms with Crippen LogP contribution in [0.1, 0.15) is 35.4 Å². The minimum absolute atomic E-state index is 0.0222. The van der Waals surface area contributed by atoms with Crippen LogP contribution in [0, 0.1) is 0 Å². The molecule has 5 nitrogen and oxygen atoms in total. The molecule has 1 aliphatic carbocycles. The van der Waals surface area contributed by atoms with Crippen molar-refractivity contribution in [2.75, 3.05) is 12.3 Å². The molecular weight excluding hydrogens is 358 g/mol. The number of halogens is 1. The number of amides is 1. The molecule has 1 saturated heterocycles. The number of hydrogen-bond donors (Lipinski definition) is 0. The molecule has 1 aliphatic heterocycles. The molecule has 7 heteroatoms. The Kier molecular flexibility index (Phi) is 4.56. The number of thioether (sulfide) groups is 1. The van der Waals surface area contributed by atoms with Gasteiger partial charge in [-0.2, -0.15) is 0 Å². The van der Waals surface area contributed by atoms with Gasteiger partial charge in [0.05, 0.1) is 12.0 Å². The second-order valence-electron chi connectivity index (χ2n) is 6.42. The van der Waals surface area contributed by atoms with Crippen LogP contribution in [0.25, 0.3) is 0 Å². The number of aromatic nitrogens is 2. The lowest BCUT2D eigenvalue weighted by molar-refractivity contribution is -0.132. The second-order valence-corrected chi connectivity index (χ2v) is 8.04. The molecule has 0 N–H and O–H groups in total. The summed E-state index contributed by atoms with van der Waals surface area (Å²) in [6.07, 6.45) is 3.70. The molecular formula is C18H18ClN3O2S. The minimum atomic E-state index is -0.156. The van der Waals surface area contributed by atoms with Crippen molar-refractivity contribution in [3.05, 3.63) is 63.3 Å². The van der Waals surface area contributed by atoms with Crippen LogP contribution in [-0.2, 0) is 11.3 Å². The number of rotatable bonds is 4. The summed E-state index contributed by atoms with van der Waals surface area (Å²) in [5.41, 5.74) is 1.71. The molecule has 25 heavy (non-hydrogen) atoms. The van der Waals surface area contributed by atoms with Crippen LogP contribution >= 0.6 is 23.4 Å². The predicted octanol–water partition coefficient (Wildman–Crippen LogP) is 3.05. The smallest absolute Gasteiger partial charge is 0.254 e. The Bertz CT molecular complexity index is 865. The standard InChI is InChI=1S/C18H18ClN3O2S/c19-14-3-1-2-13(8-14)18-22(6-7-25-18)17(24)10-21-11-20-15(9-16(21)23)12-4-5-12/h1-3,8-9,11-12,18H,4-7,10H2. The fourth-order valence-corrected chi connectivity index (χ4v) is 4.53. The molecule has 1 unspecified atom stereocenters. The Hall–Kier alpha value is -1.79. The zero-order valence-corrected chi connectivity index (χ0v) is 15.2. The van der Waals surface area contributed by atoms with E-state index in [2.05, 4.69) is 4.98 Å². The molecule has 0 spiro atoms. The topological polar surface area (TPSA) is 55.2 Å². The molecule has 2 aromatic rings. The summed E-state index contributed by atoms with van der Waals surface area (Å²) in [5.74, 6) is 1.23. The van der Waals surface area contributed by atoms with Gasteiger partial charge in [0.25, 0.3) is 5.56 Å². The lowest BCUT2D eigenvalue weighted by Crippen LogP contribution is -2.36. The summed E-state index contributed by atoms with van der Waals surface area (Å²) in [5, 5.41) is 0.606. The molecule has 1 amide bonds. The Morgan fingerprint density at radius 3 is 2.88 bits per heavy atom. The van der Waals surface area contributed by atoms with Crippen LogP contribution in [0.4, 0.5) is 0 Å². The zero-order valence-electron chi connectivity index (χ0n) is 13.6. The summed E-state index contributed by atoms with van der Waals surface area (Å²) < 4.78 is 1.40. The summed E-state index contributed by atoms with van der Waals surface area (Å²) in [7, 11) is 0. The Morgan fingerprint density at radius 1 is 1.32 bits per heavy atom. The van der Waals surface area contributed by atoms with Gasteiger partial charge in [0.1, 0.15) is 11.9 Å². The molecule has 1 aromatic carbocycles. The number of benzene rings is 1. The molecule has 1 saturated carbocycles. The third-order valence-electron chi connectivity index (χ3n) is 4.55. The van der Waals surface area contributed by atoms with E-state index < -0.39 is 0 Å². The van der Waals surface area contributed by atoms with Crippen molar-refractivity contribution in [1.29, 1.82) is 0 Å². The summed E-state index contributed by atoms with van der Waals surface area (Å²) >= 11 is 7.79. The molecule has 130 valence electrons. The van der Waals surface area contributed by atoms with Gasteiger partial charge in [-0.1, -0.05) is 23.7 Å². The highest BCUT2D eigenvalue weighted by atomic mass is 35.5. The molecule has 1 atom stereocenters. The summed E-state index contributed by atoms with van der Waals surface area (Å²) in [4.78, 5) is 31.2. The summed E-state index contributed by atoms with van der Waals surface area (Å²) in [6.45, 7) is 0.692. The van der Waals surface area contributed by atoms with Crippen LogP contribution in [0.15, 0.2) is 41.5 Å². The molecule has 0 bridgehead atoms. The molecule has 0 radical (unpaired) electrons. The van der Waals surface area contributed by atoms with Crippen molar-refractivity contribution in [2.24, 2.45) is 0 Å². The van der Waals surface area contributed by atoms with Crippen molar-refractivity contribution >= 4 is 29.3 Å². The van der Waals surface area contributed by atoms with E-state index in [0.29, 0.717) is 17.5 Å². The number of hydrogen-bond acceptors (Lipinski definition) is 4. The Labute approximate surface area is 155 Å². The summed E-state index contributed by atoms with van der Waals surface area (Å²) in [6, 6.07) is 9.15. The first-order valence-electron chi connectivity index (χ1n) is 8.35. The van der Waals surface area contributed by atoms with E-state index in [1.165, 1.54) is 10.9 Å². The SMILES string of the molecule is O=C(Cn1cnc(C2CC2)cc1=O)N1CCSC1c1cccc(Cl)c1. The van der Waals surface area contributed by atoms with E-state index in [-0.39, 0.29) is 23.4 Å². The minimum Gasteiger partial charge on any atom is -0.324 e. The lowest BCUT2D eigenvalue weighted by Gasteiger charge is -2.24. The van der Waals surface area contributed by atoms with E-state index in [1.54, 1.807) is 17.8 Å². The van der Waals surface area contributed by atoms with E-state index in [9.17, 15) is 9.59 Å². The van der Waals surface area contributed by atoms with Crippen molar-refractivity contribution in [3.63, 3.8) is 0 Å². The van der Waals surface area contributed by atoms with Gasteiger partial charge in [-0.15, -0.1) is 11.8 Å². The first kappa shape index (κ1) is 16.7. The fraction of sp³-hybridized carbons (Fsp3) is 0.389. The van der Waals surface area contributed by atoms with Gasteiger partial charge in [-0.05, 0) is 30.5 Å². The quantitative estimate of drug-likeness (QED) is 0.824. The largest absolute Gasteiger partial charge is 0.324 e. The highest BCUT2D eigenvalue weighted by Gasteiger charge is 2.31. The molecule has 4 rings (SSSR count). The highest BCUT2D eigenvalue weighted by Crippen LogP contribution is 2.39. The van der Waals surface area contributed by atoms with Gasteiger partial charge in [0, 0.05) is 29.3 Å². The molecule has 2 heterocycles. The van der Waals surface area contributed by atoms with Crippen LogP contribution in [-0.4, -0.2) is 32.7 Å². The van der Waals surface area contributed by atoms with Crippen LogP contribution < -0.4 is 5.56 Å². The van der Waals surface area contributed by atoms with Crippen molar-refractivity contribution < 1.29 is 4.79 Å². The van der Waals surface area contributed by atoms with E-state index >= 15 is 0 Å². The van der Waals surface area contributed by atoms with Crippen LogP contribution in [0.3, 0.4) is 0 Å². The van der Waals surface area contributed by atoms with Crippen LogP contribution in [0.5, 0.6) is 0 Å². The second kappa shape index (κ2) is 6.84. The van der Waals surface area contributed by atoms with Crippen molar-refractivity contribution in [3.8, 4) is 0 Å². The maximum absolute atomic E-state index is 12.8. The lowest BCUT2D eigenvalue weighted by atomic mass is 10.2. The molecule has 1 aromatic heterocycles. The number of carbonyl (C=O) groups is 1. The third kappa shape index (κ3) is 3.60. The van der Waals surface area contributed by atoms with Crippen LogP contribution in [0.2, 0.25) is 5.02 Å². The average Bonchev–Trinajstić information content (AvgIpc) is 3.33. The fourth-order valence-electron chi connectivity index (χ4n) is 3.06. The van der Waals surface area contributed by atoms with Crippen molar-refractivity contribution in [2.45, 2.75) is 30.7 Å². The maximum atomic E-state index is 12.8. The first-order chi connectivity index (χ1) is 12.1. The number of carbonyl (C=O) groups excluding carboxylic acids is 1. The normalized spacial score (nSPS) is 20.0.